The number of rotatable bonds is 0. The second kappa shape index (κ2) is 2.13. The van der Waals surface area contributed by atoms with Crippen molar-refractivity contribution in [2.24, 2.45) is 5.92 Å². The number of allylic oxidation sites excluding steroid dienone is 2. The van der Waals surface area contributed by atoms with E-state index in [1.807, 2.05) is 0 Å². The average molecular weight is 124 g/mol. The first-order chi connectivity index (χ1) is 4.20. The highest BCUT2D eigenvalue weighted by molar-refractivity contribution is 6.05. The monoisotopic (exact) mass is 124 g/mol. The third-order valence-electron chi connectivity index (χ3n) is 1.43. The minimum atomic E-state index is -0.0949. The molecule has 0 radical (unpaired) electrons. The summed E-state index contributed by atoms with van der Waals surface area (Å²) in [4.78, 5) is 21.3. The van der Waals surface area contributed by atoms with Gasteiger partial charge in [-0.05, 0) is 12.2 Å². The summed E-state index contributed by atoms with van der Waals surface area (Å²) in [5.41, 5.74) is 0. The first kappa shape index (κ1) is 6.20. The van der Waals surface area contributed by atoms with Crippen LogP contribution in [0.1, 0.15) is 13.3 Å². The Morgan fingerprint density at radius 3 is 2.56 bits per heavy atom. The molecule has 0 heterocycles. The van der Waals surface area contributed by atoms with Crippen LogP contribution in [-0.2, 0) is 9.59 Å². The zero-order valence-electron chi connectivity index (χ0n) is 5.26. The largest absolute Gasteiger partial charge is 0.295 e. The van der Waals surface area contributed by atoms with Crippen molar-refractivity contribution in [2.75, 3.05) is 0 Å². The second-order valence-corrected chi connectivity index (χ2v) is 2.31. The van der Waals surface area contributed by atoms with Crippen molar-refractivity contribution in [3.63, 3.8) is 0 Å². The Balaban J connectivity index is 2.76. The average Bonchev–Trinajstić information content (AvgIpc) is 1.80. The molecule has 0 unspecified atom stereocenters. The highest BCUT2D eigenvalue weighted by atomic mass is 16.1. The van der Waals surface area contributed by atoms with E-state index >= 15 is 0 Å². The van der Waals surface area contributed by atoms with Gasteiger partial charge in [0.25, 0.3) is 0 Å². The van der Waals surface area contributed by atoms with E-state index in [-0.39, 0.29) is 17.5 Å². The van der Waals surface area contributed by atoms with Crippen molar-refractivity contribution in [1.82, 2.24) is 0 Å². The van der Waals surface area contributed by atoms with Crippen LogP contribution in [-0.4, -0.2) is 11.6 Å². The van der Waals surface area contributed by atoms with Gasteiger partial charge >= 0.3 is 0 Å². The van der Waals surface area contributed by atoms with Gasteiger partial charge in [-0.1, -0.05) is 6.92 Å². The Morgan fingerprint density at radius 2 is 2.11 bits per heavy atom. The van der Waals surface area contributed by atoms with Crippen LogP contribution >= 0.6 is 0 Å². The van der Waals surface area contributed by atoms with Crippen LogP contribution in [0.2, 0.25) is 0 Å². The van der Waals surface area contributed by atoms with E-state index in [4.69, 9.17) is 0 Å². The van der Waals surface area contributed by atoms with E-state index in [0.717, 1.165) is 0 Å². The summed E-state index contributed by atoms with van der Waals surface area (Å²) >= 11 is 0. The Kier molecular flexibility index (Phi) is 1.47. The zero-order valence-corrected chi connectivity index (χ0v) is 5.26. The van der Waals surface area contributed by atoms with Crippen LogP contribution in [0, 0.1) is 5.92 Å². The molecule has 2 nitrogen and oxygen atoms in total. The normalized spacial score (nSPS) is 27.0. The van der Waals surface area contributed by atoms with E-state index in [1.165, 1.54) is 12.2 Å². The number of carbonyl (C=O) groups excluding carboxylic acids is 2. The molecule has 0 aliphatic heterocycles. The van der Waals surface area contributed by atoms with E-state index in [1.54, 1.807) is 6.92 Å². The molecule has 0 aromatic heterocycles. The molecule has 1 aliphatic rings. The smallest absolute Gasteiger partial charge is 0.159 e. The van der Waals surface area contributed by atoms with Crippen LogP contribution < -0.4 is 0 Å². The molecule has 2 heteroatoms. The van der Waals surface area contributed by atoms with E-state index in [0.29, 0.717) is 6.42 Å². The second-order valence-electron chi connectivity index (χ2n) is 2.31. The van der Waals surface area contributed by atoms with Gasteiger partial charge in [-0.15, -0.1) is 0 Å². The minimum Gasteiger partial charge on any atom is -0.295 e. The highest BCUT2D eigenvalue weighted by Gasteiger charge is 2.17. The molecule has 0 N–H and O–H groups in total. The van der Waals surface area contributed by atoms with E-state index in [2.05, 4.69) is 0 Å². The Labute approximate surface area is 53.6 Å². The van der Waals surface area contributed by atoms with Crippen LogP contribution in [0.3, 0.4) is 0 Å². The molecule has 0 amide bonds. The van der Waals surface area contributed by atoms with Crippen molar-refractivity contribution in [1.29, 1.82) is 0 Å². The summed E-state index contributed by atoms with van der Waals surface area (Å²) in [6, 6.07) is 0. The lowest BCUT2D eigenvalue weighted by Gasteiger charge is -2.07. The van der Waals surface area contributed by atoms with Crippen molar-refractivity contribution in [2.45, 2.75) is 13.3 Å². The highest BCUT2D eigenvalue weighted by Crippen LogP contribution is 2.10. The van der Waals surface area contributed by atoms with Crippen molar-refractivity contribution < 1.29 is 9.59 Å². The van der Waals surface area contributed by atoms with Crippen LogP contribution in [0.25, 0.3) is 0 Å². The molecule has 0 saturated carbocycles. The van der Waals surface area contributed by atoms with Crippen LogP contribution in [0.4, 0.5) is 0 Å². The topological polar surface area (TPSA) is 34.1 Å². The van der Waals surface area contributed by atoms with Crippen LogP contribution in [0.15, 0.2) is 12.2 Å². The summed E-state index contributed by atoms with van der Waals surface area (Å²) in [5.74, 6) is 0.0270. The fourth-order valence-electron chi connectivity index (χ4n) is 0.810. The molecule has 0 fully saturated rings. The molecule has 48 valence electrons. The summed E-state index contributed by atoms with van der Waals surface area (Å²) in [6.45, 7) is 1.77. The first-order valence-electron chi connectivity index (χ1n) is 2.95. The number of carbonyl (C=O) groups is 2. The molecule has 1 rings (SSSR count). The quantitative estimate of drug-likeness (QED) is 0.477. The Bertz CT molecular complexity index is 179. The van der Waals surface area contributed by atoms with Crippen molar-refractivity contribution in [3.05, 3.63) is 12.2 Å². The van der Waals surface area contributed by atoms with Gasteiger partial charge in [0.2, 0.25) is 0 Å². The number of hydrogen-bond donors (Lipinski definition) is 0. The van der Waals surface area contributed by atoms with E-state index < -0.39 is 0 Å². The standard InChI is InChI=1S/C7H8O2/c1-5-4-6(8)2-3-7(5)9/h2-3,5H,4H2,1H3/t5-/m0/s1. The Hall–Kier alpha value is -0.920. The molecular weight excluding hydrogens is 116 g/mol. The summed E-state index contributed by atoms with van der Waals surface area (Å²) < 4.78 is 0. The summed E-state index contributed by atoms with van der Waals surface area (Å²) in [6.07, 6.45) is 3.09. The molecule has 0 aromatic rings. The summed E-state index contributed by atoms with van der Waals surface area (Å²) in [7, 11) is 0. The van der Waals surface area contributed by atoms with Gasteiger partial charge in [-0.25, -0.2) is 0 Å². The van der Waals surface area contributed by atoms with Gasteiger partial charge in [0, 0.05) is 12.3 Å². The van der Waals surface area contributed by atoms with Gasteiger partial charge in [-0.3, -0.25) is 9.59 Å². The molecule has 0 aromatic carbocycles. The maximum Gasteiger partial charge on any atom is 0.159 e. The lowest BCUT2D eigenvalue weighted by Crippen LogP contribution is -2.16. The minimum absolute atomic E-state index is 0.0575. The van der Waals surface area contributed by atoms with E-state index in [9.17, 15) is 9.59 Å². The van der Waals surface area contributed by atoms with Gasteiger partial charge < -0.3 is 0 Å². The van der Waals surface area contributed by atoms with Crippen molar-refractivity contribution >= 4 is 11.6 Å². The molecule has 0 bridgehead atoms. The molecule has 1 aliphatic carbocycles. The van der Waals surface area contributed by atoms with Gasteiger partial charge in [0.05, 0.1) is 0 Å². The number of ketones is 2. The fourth-order valence-corrected chi connectivity index (χ4v) is 0.810. The van der Waals surface area contributed by atoms with Crippen LogP contribution in [0.5, 0.6) is 0 Å². The third-order valence-corrected chi connectivity index (χ3v) is 1.43. The first-order valence-corrected chi connectivity index (χ1v) is 2.95. The maximum absolute atomic E-state index is 10.7. The molecule has 0 saturated heterocycles. The fraction of sp³-hybridized carbons (Fsp3) is 0.429. The molecule has 1 atom stereocenters. The number of hydrogen-bond acceptors (Lipinski definition) is 2. The maximum atomic E-state index is 10.7. The third kappa shape index (κ3) is 1.25. The Morgan fingerprint density at radius 1 is 1.44 bits per heavy atom. The predicted octanol–water partition coefficient (Wildman–Crippen LogP) is 0.721. The molecule has 9 heavy (non-hydrogen) atoms. The predicted molar refractivity (Wildman–Crippen MR) is 32.9 cm³/mol. The van der Waals surface area contributed by atoms with Gasteiger partial charge in [-0.2, -0.15) is 0 Å². The summed E-state index contributed by atoms with van der Waals surface area (Å²) in [5, 5.41) is 0. The van der Waals surface area contributed by atoms with Gasteiger partial charge in [0.15, 0.2) is 11.6 Å². The lowest BCUT2D eigenvalue weighted by molar-refractivity contribution is -0.124. The molecule has 0 spiro atoms. The van der Waals surface area contributed by atoms with Crippen molar-refractivity contribution in [3.8, 4) is 0 Å². The SMILES string of the molecule is C[C@H]1CC(=O)C=CC1=O. The molecular formula is C7H8O2. The van der Waals surface area contributed by atoms with Gasteiger partial charge in [0.1, 0.15) is 0 Å². The zero-order chi connectivity index (χ0) is 6.85. The lowest BCUT2D eigenvalue weighted by atomic mass is 9.94.